The van der Waals surface area contributed by atoms with E-state index in [1.807, 2.05) is 23.1 Å². The van der Waals surface area contributed by atoms with Crippen LogP contribution in [0, 0.1) is 5.82 Å². The third-order valence-electron chi connectivity index (χ3n) is 5.87. The zero-order valence-electron chi connectivity index (χ0n) is 17.1. The van der Waals surface area contributed by atoms with E-state index in [-0.39, 0.29) is 11.9 Å². The van der Waals surface area contributed by atoms with Crippen LogP contribution in [0.5, 0.6) is 0 Å². The molecule has 1 atom stereocenters. The van der Waals surface area contributed by atoms with Gasteiger partial charge in [-0.1, -0.05) is 24.3 Å². The lowest BCUT2D eigenvalue weighted by Crippen LogP contribution is -2.32. The molecule has 0 fully saturated rings. The van der Waals surface area contributed by atoms with E-state index in [1.165, 1.54) is 12.1 Å². The molecule has 2 aliphatic rings. The van der Waals surface area contributed by atoms with Crippen LogP contribution in [0.2, 0.25) is 0 Å². The molecule has 7 nitrogen and oxygen atoms in total. The van der Waals surface area contributed by atoms with Crippen molar-refractivity contribution >= 4 is 35.7 Å². The smallest absolute Gasteiger partial charge is 0.423 e. The first kappa shape index (κ1) is 19.8. The summed E-state index contributed by atoms with van der Waals surface area (Å²) < 4.78 is 13.5. The number of fused-ring (bicyclic) bond motifs is 2. The van der Waals surface area contributed by atoms with Crippen molar-refractivity contribution < 1.29 is 14.4 Å². The molecule has 0 spiro atoms. The Morgan fingerprint density at radius 3 is 2.87 bits per heavy atom. The van der Waals surface area contributed by atoms with E-state index in [9.17, 15) is 14.4 Å². The summed E-state index contributed by atoms with van der Waals surface area (Å²) >= 11 is 0. The van der Waals surface area contributed by atoms with Crippen LogP contribution in [0.3, 0.4) is 0 Å². The molecule has 3 aromatic rings. The predicted molar refractivity (Wildman–Crippen MR) is 120 cm³/mol. The molecule has 9 heteroatoms. The first-order valence-corrected chi connectivity index (χ1v) is 10.4. The van der Waals surface area contributed by atoms with Crippen molar-refractivity contribution in [2.75, 3.05) is 22.1 Å². The van der Waals surface area contributed by atoms with Gasteiger partial charge in [-0.15, -0.1) is 0 Å². The number of nitrogens with one attached hydrogen (secondary N) is 2. The Bertz CT molecular complexity index is 1140. The number of nitrogens with zero attached hydrogens (tertiary/aromatic N) is 3. The highest BCUT2D eigenvalue weighted by Gasteiger charge is 2.34. The number of hydrogen-bond donors (Lipinski definition) is 4. The topological polar surface area (TPSA) is 93.5 Å². The summed E-state index contributed by atoms with van der Waals surface area (Å²) in [7, 11) is -1.52. The molecule has 0 amide bonds. The maximum absolute atomic E-state index is 13.5. The standard InChI is InChI=1S/C22H23BFN5O2/c1-13-10-16-17(23(30)31)6-3-7-19(16)29(13)22-27-18-8-9-25-20(18)21(28-22)26-12-14-4-2-5-15(24)11-14/h2-7,11,13,25,30-31H,8-10,12H2,1H3,(H,26,27,28). The fourth-order valence-electron chi connectivity index (χ4n) is 4.45. The minimum absolute atomic E-state index is 0.0679. The number of anilines is 4. The summed E-state index contributed by atoms with van der Waals surface area (Å²) in [5, 5.41) is 26.2. The van der Waals surface area contributed by atoms with Crippen molar-refractivity contribution in [1.29, 1.82) is 0 Å². The number of benzene rings is 2. The lowest BCUT2D eigenvalue weighted by atomic mass is 9.76. The molecule has 0 aliphatic carbocycles. The van der Waals surface area contributed by atoms with Crippen LogP contribution in [0.15, 0.2) is 42.5 Å². The van der Waals surface area contributed by atoms with Gasteiger partial charge in [-0.2, -0.15) is 4.98 Å². The number of rotatable bonds is 5. The molecule has 31 heavy (non-hydrogen) atoms. The van der Waals surface area contributed by atoms with Gasteiger partial charge in [-0.25, -0.2) is 9.37 Å². The number of halogens is 1. The van der Waals surface area contributed by atoms with Crippen molar-refractivity contribution in [1.82, 2.24) is 9.97 Å². The molecule has 5 rings (SSSR count). The van der Waals surface area contributed by atoms with E-state index in [0.29, 0.717) is 30.2 Å². The van der Waals surface area contributed by atoms with Gasteiger partial charge in [0.05, 0.1) is 11.4 Å². The fourth-order valence-corrected chi connectivity index (χ4v) is 4.45. The van der Waals surface area contributed by atoms with Gasteiger partial charge in [0.15, 0.2) is 5.82 Å². The molecule has 4 N–H and O–H groups in total. The zero-order valence-corrected chi connectivity index (χ0v) is 17.1. The van der Waals surface area contributed by atoms with Crippen LogP contribution < -0.4 is 21.0 Å². The molecule has 0 saturated carbocycles. The summed E-state index contributed by atoms with van der Waals surface area (Å²) in [4.78, 5) is 11.7. The van der Waals surface area contributed by atoms with E-state index in [1.54, 1.807) is 12.1 Å². The molecule has 1 aromatic heterocycles. The third-order valence-corrected chi connectivity index (χ3v) is 5.87. The number of hydrogen-bond acceptors (Lipinski definition) is 7. The summed E-state index contributed by atoms with van der Waals surface area (Å²) in [5.41, 5.74) is 4.95. The average molecular weight is 419 g/mol. The normalized spacial score (nSPS) is 16.6. The second-order valence-electron chi connectivity index (χ2n) is 8.00. The van der Waals surface area contributed by atoms with E-state index in [4.69, 9.17) is 9.97 Å². The monoisotopic (exact) mass is 419 g/mol. The highest BCUT2D eigenvalue weighted by atomic mass is 19.1. The molecular formula is C22H23BFN5O2. The zero-order chi connectivity index (χ0) is 21.5. The lowest BCUT2D eigenvalue weighted by Gasteiger charge is -2.24. The van der Waals surface area contributed by atoms with Crippen LogP contribution in [-0.2, 0) is 19.4 Å². The molecule has 0 saturated heterocycles. The maximum atomic E-state index is 13.5. The van der Waals surface area contributed by atoms with E-state index in [0.717, 1.165) is 41.2 Å². The van der Waals surface area contributed by atoms with Crippen molar-refractivity contribution in [3.8, 4) is 0 Å². The highest BCUT2D eigenvalue weighted by molar-refractivity contribution is 6.59. The van der Waals surface area contributed by atoms with Gasteiger partial charge in [0.1, 0.15) is 5.82 Å². The van der Waals surface area contributed by atoms with Crippen molar-refractivity contribution in [3.63, 3.8) is 0 Å². The Hall–Kier alpha value is -3.17. The van der Waals surface area contributed by atoms with Crippen molar-refractivity contribution in [2.24, 2.45) is 0 Å². The first-order valence-electron chi connectivity index (χ1n) is 10.4. The van der Waals surface area contributed by atoms with Gasteiger partial charge >= 0.3 is 7.12 Å². The van der Waals surface area contributed by atoms with Crippen LogP contribution in [-0.4, -0.2) is 39.7 Å². The summed E-state index contributed by atoms with van der Waals surface area (Å²) in [6.45, 7) is 3.30. The van der Waals surface area contributed by atoms with E-state index >= 15 is 0 Å². The molecule has 2 aliphatic heterocycles. The summed E-state index contributed by atoms with van der Waals surface area (Å²) in [6.07, 6.45) is 1.47. The molecular weight excluding hydrogens is 396 g/mol. The Morgan fingerprint density at radius 1 is 1.23 bits per heavy atom. The van der Waals surface area contributed by atoms with Crippen molar-refractivity contribution in [2.45, 2.75) is 32.4 Å². The average Bonchev–Trinajstić information content (AvgIpc) is 3.35. The van der Waals surface area contributed by atoms with Gasteiger partial charge in [0.2, 0.25) is 5.95 Å². The van der Waals surface area contributed by atoms with E-state index in [2.05, 4.69) is 17.6 Å². The van der Waals surface area contributed by atoms with Crippen LogP contribution in [0.1, 0.15) is 23.7 Å². The predicted octanol–water partition coefficient (Wildman–Crippen LogP) is 1.96. The summed E-state index contributed by atoms with van der Waals surface area (Å²) in [5.74, 6) is 0.983. The molecule has 3 heterocycles. The minimum atomic E-state index is -1.52. The largest absolute Gasteiger partial charge is 0.488 e. The van der Waals surface area contributed by atoms with Crippen molar-refractivity contribution in [3.05, 3.63) is 65.1 Å². The van der Waals surface area contributed by atoms with Gasteiger partial charge in [-0.05, 0) is 48.1 Å². The van der Waals surface area contributed by atoms with Gasteiger partial charge in [0.25, 0.3) is 0 Å². The Labute approximate surface area is 180 Å². The Morgan fingerprint density at radius 2 is 2.06 bits per heavy atom. The fraction of sp³-hybridized carbons (Fsp3) is 0.273. The van der Waals surface area contributed by atoms with Gasteiger partial charge in [-0.3, -0.25) is 0 Å². The van der Waals surface area contributed by atoms with E-state index < -0.39 is 7.12 Å². The minimum Gasteiger partial charge on any atom is -0.423 e. The highest BCUT2D eigenvalue weighted by Crippen LogP contribution is 2.38. The quantitative estimate of drug-likeness (QED) is 0.470. The van der Waals surface area contributed by atoms with Crippen LogP contribution >= 0.6 is 0 Å². The SMILES string of the molecule is CC1Cc2c(B(O)O)cccc2N1c1nc2c(c(NCc3cccc(F)c3)n1)NCC2. The summed E-state index contributed by atoms with van der Waals surface area (Å²) in [6, 6.07) is 12.1. The lowest BCUT2D eigenvalue weighted by molar-refractivity contribution is 0.425. The second-order valence-corrected chi connectivity index (χ2v) is 8.00. The second kappa shape index (κ2) is 7.83. The molecule has 2 aromatic carbocycles. The maximum Gasteiger partial charge on any atom is 0.488 e. The van der Waals surface area contributed by atoms with Gasteiger partial charge in [0, 0.05) is 31.2 Å². The Balaban J connectivity index is 1.51. The van der Waals surface area contributed by atoms with Crippen LogP contribution in [0.4, 0.5) is 27.5 Å². The molecule has 0 bridgehead atoms. The first-order chi connectivity index (χ1) is 15.0. The molecule has 1 unspecified atom stereocenters. The van der Waals surface area contributed by atoms with Crippen LogP contribution in [0.25, 0.3) is 0 Å². The van der Waals surface area contributed by atoms with Gasteiger partial charge < -0.3 is 25.6 Å². The number of aromatic nitrogens is 2. The Kier molecular flexibility index (Phi) is 4.99. The molecule has 0 radical (unpaired) electrons. The molecule has 158 valence electrons. The third kappa shape index (κ3) is 3.60.